The number of carbonyl (C=O) groups excluding carboxylic acids is 2. The minimum absolute atomic E-state index is 0.0522. The fraction of sp³-hybridized carbons (Fsp3) is 0.360. The average Bonchev–Trinajstić information content (AvgIpc) is 3.49. The summed E-state index contributed by atoms with van der Waals surface area (Å²) < 4.78 is 32.4. The molecule has 1 saturated heterocycles. The number of benzene rings is 1. The van der Waals surface area contributed by atoms with Crippen LogP contribution in [0.3, 0.4) is 0 Å². The molecule has 1 aromatic heterocycles. The van der Waals surface area contributed by atoms with Crippen LogP contribution in [0.15, 0.2) is 53.1 Å². The molecule has 13 heteroatoms. The summed E-state index contributed by atoms with van der Waals surface area (Å²) in [6.07, 6.45) is 9.81. The minimum atomic E-state index is -3.08. The van der Waals surface area contributed by atoms with E-state index in [-0.39, 0.29) is 53.1 Å². The number of ketones is 1. The highest BCUT2D eigenvalue weighted by molar-refractivity contribution is 6.31. The molecule has 0 spiro atoms. The van der Waals surface area contributed by atoms with E-state index in [1.54, 1.807) is 23.5 Å². The number of anilines is 1. The molecule has 38 heavy (non-hydrogen) atoms. The van der Waals surface area contributed by atoms with Gasteiger partial charge in [0.15, 0.2) is 11.6 Å². The van der Waals surface area contributed by atoms with Crippen molar-refractivity contribution in [2.45, 2.75) is 32.4 Å². The molecule has 200 valence electrons. The van der Waals surface area contributed by atoms with Crippen LogP contribution in [0.25, 0.3) is 11.3 Å². The highest BCUT2D eigenvalue weighted by atomic mass is 35.5. The molecule has 0 aliphatic carbocycles. The third-order valence-corrected chi connectivity index (χ3v) is 6.56. The van der Waals surface area contributed by atoms with Crippen molar-refractivity contribution in [2.24, 2.45) is 4.99 Å². The topological polar surface area (TPSA) is 104 Å². The maximum absolute atomic E-state index is 13.3. The molecule has 2 aromatic rings. The van der Waals surface area contributed by atoms with Gasteiger partial charge in [-0.25, -0.2) is 10.4 Å². The van der Waals surface area contributed by atoms with E-state index >= 15 is 0 Å². The first-order chi connectivity index (χ1) is 18.4. The Hall–Kier alpha value is -3.61. The highest BCUT2D eigenvalue weighted by Gasteiger charge is 2.28. The van der Waals surface area contributed by atoms with Crippen LogP contribution < -0.4 is 15.5 Å². The number of carbonyl (C=O) groups is 2. The molecule has 0 unspecified atom stereocenters. The molecule has 5 rings (SSSR count). The normalized spacial score (nSPS) is 17.3. The summed E-state index contributed by atoms with van der Waals surface area (Å²) in [4.78, 5) is 32.4. The number of aliphatic imine (C=N–C) groups is 1. The molecule has 0 atom stereocenters. The minimum Gasteiger partial charge on any atom is -0.434 e. The number of hydrogen-bond donors (Lipinski definition) is 2. The summed E-state index contributed by atoms with van der Waals surface area (Å²) >= 11 is 6.17. The Balaban J connectivity index is 1.45. The maximum Gasteiger partial charge on any atom is 0.387 e. The number of hydrogen-bond acceptors (Lipinski definition) is 8. The number of fused-ring (bicyclic) bond motifs is 1. The zero-order valence-corrected chi connectivity index (χ0v) is 21.1. The molecule has 2 N–H and O–H groups in total. The molecular weight excluding hydrogens is 520 g/mol. The predicted octanol–water partition coefficient (Wildman–Crippen LogP) is 3.43. The molecule has 1 fully saturated rings. The fourth-order valence-electron chi connectivity index (χ4n) is 4.62. The number of nitrogens with one attached hydrogen (secondary N) is 2. The third kappa shape index (κ3) is 5.93. The number of piperidine rings is 1. The van der Waals surface area contributed by atoms with Gasteiger partial charge in [0.25, 0.3) is 5.91 Å². The molecule has 1 aromatic carbocycles. The lowest BCUT2D eigenvalue weighted by atomic mass is 10.1. The Labute approximate surface area is 222 Å². The van der Waals surface area contributed by atoms with Crippen molar-refractivity contribution in [1.82, 2.24) is 25.1 Å². The Morgan fingerprint density at radius 2 is 2.00 bits per heavy atom. The first kappa shape index (κ1) is 26.0. The van der Waals surface area contributed by atoms with Crippen LogP contribution in [-0.4, -0.2) is 70.4 Å². The number of allylic oxidation sites excluding steroid dienone is 1. The molecule has 0 bridgehead atoms. The summed E-state index contributed by atoms with van der Waals surface area (Å²) in [5.41, 5.74) is 3.92. The van der Waals surface area contributed by atoms with Crippen LogP contribution in [-0.2, 0) is 16.1 Å². The van der Waals surface area contributed by atoms with E-state index in [2.05, 4.69) is 25.7 Å². The lowest BCUT2D eigenvalue weighted by Gasteiger charge is -2.25. The number of halogens is 3. The Morgan fingerprint density at radius 3 is 2.79 bits per heavy atom. The summed E-state index contributed by atoms with van der Waals surface area (Å²) in [6.45, 7) is -0.873. The molecule has 1 amide bonds. The molecule has 4 heterocycles. The summed E-state index contributed by atoms with van der Waals surface area (Å²) in [5.74, 6) is -0.234. The van der Waals surface area contributed by atoms with E-state index in [1.165, 1.54) is 29.1 Å². The maximum atomic E-state index is 13.3. The van der Waals surface area contributed by atoms with Gasteiger partial charge in [-0.3, -0.25) is 24.2 Å². The zero-order valence-electron chi connectivity index (χ0n) is 20.4. The van der Waals surface area contributed by atoms with E-state index in [1.807, 2.05) is 0 Å². The van der Waals surface area contributed by atoms with E-state index < -0.39 is 12.5 Å². The lowest BCUT2D eigenvalue weighted by molar-refractivity contribution is -0.121. The first-order valence-corrected chi connectivity index (χ1v) is 12.6. The Bertz CT molecular complexity index is 1320. The second kappa shape index (κ2) is 11.4. The second-order valence-electron chi connectivity index (χ2n) is 9.06. The molecule has 3 aliphatic rings. The van der Waals surface area contributed by atoms with E-state index in [9.17, 15) is 18.4 Å². The van der Waals surface area contributed by atoms with Crippen molar-refractivity contribution in [3.05, 3.63) is 53.1 Å². The predicted molar refractivity (Wildman–Crippen MR) is 138 cm³/mol. The van der Waals surface area contributed by atoms with Crippen molar-refractivity contribution in [2.75, 3.05) is 31.5 Å². The molecular formula is C25H26ClF2N7O3. The van der Waals surface area contributed by atoms with Gasteiger partial charge in [0.1, 0.15) is 18.0 Å². The van der Waals surface area contributed by atoms with Gasteiger partial charge in [0.05, 0.1) is 17.8 Å². The average molecular weight is 546 g/mol. The van der Waals surface area contributed by atoms with Crippen LogP contribution in [0, 0.1) is 0 Å². The van der Waals surface area contributed by atoms with Gasteiger partial charge >= 0.3 is 6.61 Å². The van der Waals surface area contributed by atoms with Crippen LogP contribution in [0.2, 0.25) is 5.02 Å². The SMILES string of the molecule is O=C(CN1CCCCC1)Cn1cc(NC(=O)C2=C3N=CC=CN3NC2)c(-c2cc(Cl)ccc2OC(F)F)n1. The standard InChI is InChI=1S/C25H26ClF2N7O3/c26-16-5-6-21(38-25(27)28)18(11-16)22-20(31-24(37)19-12-30-35-10-4-7-29-23(19)35)15-34(32-22)14-17(36)13-33-8-2-1-3-9-33/h4-7,10-11,15,25,30H,1-3,8-9,12-14H2,(H,31,37). The number of likely N-dealkylation sites (tertiary alicyclic amines) is 1. The quantitative estimate of drug-likeness (QED) is 0.497. The summed E-state index contributed by atoms with van der Waals surface area (Å²) in [6, 6.07) is 4.15. The van der Waals surface area contributed by atoms with Crippen molar-refractivity contribution in [3.63, 3.8) is 0 Å². The van der Waals surface area contributed by atoms with Crippen LogP contribution in [0.1, 0.15) is 19.3 Å². The number of rotatable bonds is 9. The van der Waals surface area contributed by atoms with Gasteiger partial charge in [-0.05, 0) is 50.2 Å². The molecule has 0 radical (unpaired) electrons. The van der Waals surface area contributed by atoms with Crippen LogP contribution >= 0.6 is 11.6 Å². The lowest BCUT2D eigenvalue weighted by Crippen LogP contribution is -2.35. The largest absolute Gasteiger partial charge is 0.434 e. The number of amides is 1. The zero-order chi connectivity index (χ0) is 26.6. The Kier molecular flexibility index (Phi) is 7.82. The number of aromatic nitrogens is 2. The van der Waals surface area contributed by atoms with Gasteiger partial charge in [-0.1, -0.05) is 18.0 Å². The molecule has 3 aliphatic heterocycles. The highest BCUT2D eigenvalue weighted by Crippen LogP contribution is 2.37. The number of ether oxygens (including phenoxy) is 1. The molecule has 0 saturated carbocycles. The van der Waals surface area contributed by atoms with Gasteiger partial charge in [-0.2, -0.15) is 13.9 Å². The van der Waals surface area contributed by atoms with Gasteiger partial charge < -0.3 is 10.1 Å². The van der Waals surface area contributed by atoms with E-state index in [0.717, 1.165) is 32.4 Å². The van der Waals surface area contributed by atoms with Crippen molar-refractivity contribution in [1.29, 1.82) is 0 Å². The first-order valence-electron chi connectivity index (χ1n) is 12.2. The van der Waals surface area contributed by atoms with Gasteiger partial charge in [0.2, 0.25) is 0 Å². The number of nitrogens with zero attached hydrogens (tertiary/aromatic N) is 5. The van der Waals surface area contributed by atoms with Gasteiger partial charge in [0, 0.05) is 35.7 Å². The fourth-order valence-corrected chi connectivity index (χ4v) is 4.79. The van der Waals surface area contributed by atoms with E-state index in [0.29, 0.717) is 11.4 Å². The van der Waals surface area contributed by atoms with Gasteiger partial charge in [-0.15, -0.1) is 0 Å². The van der Waals surface area contributed by atoms with Crippen molar-refractivity contribution < 1.29 is 23.1 Å². The molecule has 10 nitrogen and oxygen atoms in total. The smallest absolute Gasteiger partial charge is 0.387 e. The van der Waals surface area contributed by atoms with Crippen LogP contribution in [0.4, 0.5) is 14.5 Å². The summed E-state index contributed by atoms with van der Waals surface area (Å²) in [7, 11) is 0. The number of alkyl halides is 2. The Morgan fingerprint density at radius 1 is 1.18 bits per heavy atom. The van der Waals surface area contributed by atoms with Crippen molar-refractivity contribution in [3.8, 4) is 17.0 Å². The number of hydrazine groups is 1. The number of Topliss-reactive ketones (excluding diaryl/α,β-unsaturated/α-hetero) is 1. The third-order valence-electron chi connectivity index (χ3n) is 6.33. The van der Waals surface area contributed by atoms with Crippen molar-refractivity contribution >= 4 is 35.2 Å². The van der Waals surface area contributed by atoms with Crippen LogP contribution in [0.5, 0.6) is 5.75 Å². The summed E-state index contributed by atoms with van der Waals surface area (Å²) in [5, 5.41) is 9.18. The second-order valence-corrected chi connectivity index (χ2v) is 9.50. The van der Waals surface area contributed by atoms with E-state index in [4.69, 9.17) is 16.3 Å². The monoisotopic (exact) mass is 545 g/mol.